The average Bonchev–Trinajstić information content (AvgIpc) is 2.54. The van der Waals surface area contributed by atoms with Gasteiger partial charge in [-0.05, 0) is 49.2 Å². The van der Waals surface area contributed by atoms with Crippen molar-refractivity contribution in [1.29, 1.82) is 0 Å². The number of nitrogens with one attached hydrogen (secondary N) is 1. The van der Waals surface area contributed by atoms with Crippen LogP contribution in [0.1, 0.15) is 31.9 Å². The Labute approximate surface area is 143 Å². The van der Waals surface area contributed by atoms with E-state index in [9.17, 15) is 9.18 Å². The number of anilines is 1. The molecule has 2 rings (SSSR count). The highest BCUT2D eigenvalue weighted by Crippen LogP contribution is 2.23. The van der Waals surface area contributed by atoms with Gasteiger partial charge in [0.15, 0.2) is 0 Å². The maximum absolute atomic E-state index is 13.1. The molecule has 0 aromatic heterocycles. The zero-order valence-corrected chi connectivity index (χ0v) is 14.8. The minimum atomic E-state index is -0.282. The fraction of sp³-hybridized carbons (Fsp3) is 0.350. The molecule has 2 amide bonds. The fourth-order valence-electron chi connectivity index (χ4n) is 2.63. The first-order chi connectivity index (χ1) is 11.3. The highest BCUT2D eigenvalue weighted by molar-refractivity contribution is 5.92. The van der Waals surface area contributed by atoms with Crippen molar-refractivity contribution in [2.24, 2.45) is 0 Å². The summed E-state index contributed by atoms with van der Waals surface area (Å²) in [6.45, 7) is 9.08. The van der Waals surface area contributed by atoms with Gasteiger partial charge in [0, 0.05) is 24.2 Å². The van der Waals surface area contributed by atoms with Crippen LogP contribution in [-0.4, -0.2) is 19.1 Å². The van der Waals surface area contributed by atoms with Gasteiger partial charge in [0.05, 0.1) is 0 Å². The summed E-state index contributed by atoms with van der Waals surface area (Å²) in [5.74, 6) is -0.254. The molecule has 3 nitrogen and oxygen atoms in total. The third-order valence-electron chi connectivity index (χ3n) is 4.18. The number of amides is 2. The van der Waals surface area contributed by atoms with Crippen LogP contribution in [0.25, 0.3) is 0 Å². The zero-order valence-electron chi connectivity index (χ0n) is 14.8. The molecule has 0 aliphatic carbocycles. The molecule has 0 unspecified atom stereocenters. The number of nitrogens with zero attached hydrogens (tertiary/aromatic N) is 1. The highest BCUT2D eigenvalue weighted by atomic mass is 19.1. The summed E-state index contributed by atoms with van der Waals surface area (Å²) >= 11 is 0. The smallest absolute Gasteiger partial charge is 0.321 e. The van der Waals surface area contributed by atoms with E-state index >= 15 is 0 Å². The van der Waals surface area contributed by atoms with Crippen molar-refractivity contribution in [2.45, 2.75) is 33.1 Å². The van der Waals surface area contributed by atoms with Crippen molar-refractivity contribution in [2.75, 3.05) is 18.0 Å². The highest BCUT2D eigenvalue weighted by Gasteiger charge is 2.23. The molecule has 4 heteroatoms. The van der Waals surface area contributed by atoms with Gasteiger partial charge in [-0.1, -0.05) is 38.1 Å². The Balaban J connectivity index is 2.06. The van der Waals surface area contributed by atoms with Crippen LogP contribution in [0.4, 0.5) is 14.9 Å². The number of carbonyl (C=O) groups is 1. The van der Waals surface area contributed by atoms with Crippen LogP contribution < -0.4 is 10.2 Å². The summed E-state index contributed by atoms with van der Waals surface area (Å²) in [7, 11) is 0. The zero-order chi connectivity index (χ0) is 17.7. The Morgan fingerprint density at radius 2 is 1.83 bits per heavy atom. The summed E-state index contributed by atoms with van der Waals surface area (Å²) in [4.78, 5) is 14.3. The van der Waals surface area contributed by atoms with E-state index in [2.05, 4.69) is 5.32 Å². The van der Waals surface area contributed by atoms with Gasteiger partial charge in [0.1, 0.15) is 5.82 Å². The van der Waals surface area contributed by atoms with Crippen molar-refractivity contribution in [3.63, 3.8) is 0 Å². The lowest BCUT2D eigenvalue weighted by molar-refractivity contribution is 0.244. The Kier molecular flexibility index (Phi) is 5.60. The molecule has 0 spiro atoms. The van der Waals surface area contributed by atoms with Gasteiger partial charge in [-0.25, -0.2) is 9.18 Å². The predicted molar refractivity (Wildman–Crippen MR) is 97.0 cm³/mol. The number of halogens is 1. The van der Waals surface area contributed by atoms with E-state index in [1.54, 1.807) is 17.0 Å². The number of benzene rings is 2. The van der Waals surface area contributed by atoms with E-state index in [4.69, 9.17) is 0 Å². The van der Waals surface area contributed by atoms with E-state index in [0.717, 1.165) is 16.8 Å². The molecule has 0 radical (unpaired) electrons. The van der Waals surface area contributed by atoms with E-state index in [0.29, 0.717) is 13.1 Å². The quantitative estimate of drug-likeness (QED) is 0.851. The second-order valence-electron chi connectivity index (χ2n) is 6.63. The first-order valence-corrected chi connectivity index (χ1v) is 8.21. The van der Waals surface area contributed by atoms with Crippen molar-refractivity contribution < 1.29 is 9.18 Å². The molecule has 0 fully saturated rings. The lowest BCUT2D eigenvalue weighted by Crippen LogP contribution is -2.44. The van der Waals surface area contributed by atoms with Crippen LogP contribution in [0.2, 0.25) is 0 Å². The van der Waals surface area contributed by atoms with Crippen LogP contribution in [0.15, 0.2) is 48.5 Å². The van der Waals surface area contributed by atoms with Gasteiger partial charge in [-0.2, -0.15) is 0 Å². The van der Waals surface area contributed by atoms with Gasteiger partial charge in [0.25, 0.3) is 0 Å². The molecule has 128 valence electrons. The maximum Gasteiger partial charge on any atom is 0.321 e. The molecule has 0 bridgehead atoms. The summed E-state index contributed by atoms with van der Waals surface area (Å²) in [5, 5.41) is 3.00. The van der Waals surface area contributed by atoms with Gasteiger partial charge in [0.2, 0.25) is 0 Å². The molecule has 0 aliphatic heterocycles. The van der Waals surface area contributed by atoms with Crippen LogP contribution in [0.5, 0.6) is 0 Å². The van der Waals surface area contributed by atoms with Crippen molar-refractivity contribution in [1.82, 2.24) is 5.32 Å². The minimum absolute atomic E-state index is 0.127. The third kappa shape index (κ3) is 4.34. The second kappa shape index (κ2) is 7.47. The van der Waals surface area contributed by atoms with Crippen molar-refractivity contribution in [3.8, 4) is 0 Å². The van der Waals surface area contributed by atoms with E-state index < -0.39 is 0 Å². The molecule has 24 heavy (non-hydrogen) atoms. The Morgan fingerprint density at radius 3 is 2.42 bits per heavy atom. The molecular formula is C20H25FN2O. The number of hydrogen-bond acceptors (Lipinski definition) is 1. The van der Waals surface area contributed by atoms with E-state index in [1.807, 2.05) is 52.0 Å². The Bertz CT molecular complexity index is 695. The van der Waals surface area contributed by atoms with Crippen molar-refractivity contribution >= 4 is 11.7 Å². The average molecular weight is 328 g/mol. The molecular weight excluding hydrogens is 303 g/mol. The molecule has 2 aromatic carbocycles. The SMILES string of the molecule is CCN(C(=O)NCC(C)(C)c1ccc(F)cc1)c1cccc(C)c1. The Hall–Kier alpha value is -2.36. The number of carbonyl (C=O) groups excluding carboxylic acids is 1. The summed E-state index contributed by atoms with van der Waals surface area (Å²) in [6, 6.07) is 14.2. The van der Waals surface area contributed by atoms with E-state index in [-0.39, 0.29) is 17.3 Å². The van der Waals surface area contributed by atoms with Crippen LogP contribution in [-0.2, 0) is 5.41 Å². The van der Waals surface area contributed by atoms with Crippen LogP contribution in [0, 0.1) is 12.7 Å². The Morgan fingerprint density at radius 1 is 1.17 bits per heavy atom. The lowest BCUT2D eigenvalue weighted by Gasteiger charge is -2.28. The van der Waals surface area contributed by atoms with Crippen LogP contribution >= 0.6 is 0 Å². The number of aryl methyl sites for hydroxylation is 1. The fourth-order valence-corrected chi connectivity index (χ4v) is 2.63. The topological polar surface area (TPSA) is 32.3 Å². The lowest BCUT2D eigenvalue weighted by atomic mass is 9.84. The van der Waals surface area contributed by atoms with Crippen LogP contribution in [0.3, 0.4) is 0 Å². The molecule has 0 saturated heterocycles. The molecule has 0 aliphatic rings. The summed E-state index contributed by atoms with van der Waals surface area (Å²) in [6.07, 6.45) is 0. The third-order valence-corrected chi connectivity index (χ3v) is 4.18. The molecule has 0 atom stereocenters. The molecule has 0 heterocycles. The molecule has 2 aromatic rings. The monoisotopic (exact) mass is 328 g/mol. The number of rotatable bonds is 5. The number of hydrogen-bond donors (Lipinski definition) is 1. The van der Waals surface area contributed by atoms with Gasteiger partial charge >= 0.3 is 6.03 Å². The summed E-state index contributed by atoms with van der Waals surface area (Å²) in [5.41, 5.74) is 2.71. The molecule has 1 N–H and O–H groups in total. The normalized spacial score (nSPS) is 11.2. The first-order valence-electron chi connectivity index (χ1n) is 8.21. The first kappa shape index (κ1) is 18.0. The summed E-state index contributed by atoms with van der Waals surface area (Å²) < 4.78 is 13.1. The predicted octanol–water partition coefficient (Wildman–Crippen LogP) is 4.65. The van der Waals surface area contributed by atoms with Gasteiger partial charge in [-0.15, -0.1) is 0 Å². The largest absolute Gasteiger partial charge is 0.337 e. The van der Waals surface area contributed by atoms with Crippen molar-refractivity contribution in [3.05, 3.63) is 65.5 Å². The maximum atomic E-state index is 13.1. The number of urea groups is 1. The molecule has 0 saturated carbocycles. The second-order valence-corrected chi connectivity index (χ2v) is 6.63. The standard InChI is InChI=1S/C20H25FN2O/c1-5-23(18-8-6-7-15(2)13-18)19(24)22-14-20(3,4)16-9-11-17(21)12-10-16/h6-13H,5,14H2,1-4H3,(H,22,24). The minimum Gasteiger partial charge on any atom is -0.337 e. The van der Waals surface area contributed by atoms with Gasteiger partial charge < -0.3 is 5.32 Å². The van der Waals surface area contributed by atoms with Gasteiger partial charge in [-0.3, -0.25) is 4.90 Å². The van der Waals surface area contributed by atoms with E-state index in [1.165, 1.54) is 12.1 Å².